The van der Waals surface area contributed by atoms with Crippen molar-refractivity contribution in [3.63, 3.8) is 0 Å². The first-order chi connectivity index (χ1) is 17.7. The number of nitrogens with zero attached hydrogens (tertiary/aromatic N) is 2. The molecule has 1 aliphatic rings. The van der Waals surface area contributed by atoms with E-state index < -0.39 is 6.04 Å². The third-order valence-corrected chi connectivity index (χ3v) is 6.82. The molecule has 9 nitrogen and oxygen atoms in total. The average molecular weight is 502 g/mol. The molecule has 2 aromatic carbocycles. The Morgan fingerprint density at radius 2 is 1.86 bits per heavy atom. The molecule has 0 radical (unpaired) electrons. The van der Waals surface area contributed by atoms with Crippen LogP contribution in [0.15, 0.2) is 54.6 Å². The minimum absolute atomic E-state index is 0.00174. The van der Waals surface area contributed by atoms with Crippen LogP contribution in [0.3, 0.4) is 0 Å². The number of aryl methyl sites for hydroxylation is 2. The number of aromatic nitrogens is 2. The lowest BCUT2D eigenvalue weighted by Crippen LogP contribution is -2.53. The molecule has 1 aromatic heterocycles. The maximum atomic E-state index is 12.9. The summed E-state index contributed by atoms with van der Waals surface area (Å²) in [6.07, 6.45) is 1.61. The fourth-order valence-corrected chi connectivity index (χ4v) is 4.72. The van der Waals surface area contributed by atoms with Crippen LogP contribution in [0.5, 0.6) is 0 Å². The molecule has 9 heteroatoms. The van der Waals surface area contributed by atoms with Gasteiger partial charge in [-0.2, -0.15) is 5.10 Å². The van der Waals surface area contributed by atoms with Gasteiger partial charge >= 0.3 is 0 Å². The predicted molar refractivity (Wildman–Crippen MR) is 144 cm³/mol. The SMILES string of the molecule is Cc1cc(C)n(-c2ccc([C@H]3CCN[C@@H](C(=O)NC(C)C(=O)NCc4ccc(C(=N)N)cc4)C3)cc2)n1. The average Bonchev–Trinajstić information content (AvgIpc) is 3.25. The van der Waals surface area contributed by atoms with E-state index in [0.29, 0.717) is 18.5 Å². The van der Waals surface area contributed by atoms with Crippen molar-refractivity contribution in [2.45, 2.75) is 58.2 Å². The highest BCUT2D eigenvalue weighted by atomic mass is 16.2. The van der Waals surface area contributed by atoms with Gasteiger partial charge in [-0.15, -0.1) is 0 Å². The van der Waals surface area contributed by atoms with E-state index in [1.54, 1.807) is 19.1 Å². The zero-order valence-corrected chi connectivity index (χ0v) is 21.5. The van der Waals surface area contributed by atoms with Crippen LogP contribution in [0.4, 0.5) is 0 Å². The molecule has 4 rings (SSSR count). The van der Waals surface area contributed by atoms with Crippen molar-refractivity contribution in [1.82, 2.24) is 25.7 Å². The monoisotopic (exact) mass is 501 g/mol. The van der Waals surface area contributed by atoms with Crippen molar-refractivity contribution < 1.29 is 9.59 Å². The first kappa shape index (κ1) is 26.1. The van der Waals surface area contributed by atoms with Crippen LogP contribution in [-0.4, -0.2) is 46.1 Å². The minimum atomic E-state index is -0.661. The van der Waals surface area contributed by atoms with Crippen LogP contribution in [0.25, 0.3) is 5.69 Å². The summed E-state index contributed by atoms with van der Waals surface area (Å²) < 4.78 is 1.94. The van der Waals surface area contributed by atoms with Crippen LogP contribution >= 0.6 is 0 Å². The highest BCUT2D eigenvalue weighted by molar-refractivity contribution is 5.95. The van der Waals surface area contributed by atoms with E-state index in [1.165, 1.54) is 5.56 Å². The van der Waals surface area contributed by atoms with Gasteiger partial charge in [0, 0.05) is 17.8 Å². The Kier molecular flexibility index (Phi) is 8.03. The first-order valence-electron chi connectivity index (χ1n) is 12.6. The maximum absolute atomic E-state index is 12.9. The van der Waals surface area contributed by atoms with Crippen molar-refractivity contribution in [3.05, 3.63) is 82.7 Å². The van der Waals surface area contributed by atoms with Gasteiger partial charge in [0.05, 0.1) is 17.4 Å². The number of amidine groups is 1. The summed E-state index contributed by atoms with van der Waals surface area (Å²) >= 11 is 0. The smallest absolute Gasteiger partial charge is 0.242 e. The van der Waals surface area contributed by atoms with E-state index in [4.69, 9.17) is 11.1 Å². The summed E-state index contributed by atoms with van der Waals surface area (Å²) in [5.41, 5.74) is 11.3. The molecule has 3 aromatic rings. The fourth-order valence-electron chi connectivity index (χ4n) is 4.72. The van der Waals surface area contributed by atoms with Gasteiger partial charge in [0.25, 0.3) is 0 Å². The summed E-state index contributed by atoms with van der Waals surface area (Å²) in [6, 6.07) is 16.5. The van der Waals surface area contributed by atoms with Gasteiger partial charge in [0.2, 0.25) is 11.8 Å². The summed E-state index contributed by atoms with van der Waals surface area (Å²) in [4.78, 5) is 25.5. The molecule has 1 saturated heterocycles. The number of hydrogen-bond acceptors (Lipinski definition) is 5. The summed E-state index contributed by atoms with van der Waals surface area (Å²) in [5, 5.41) is 21.0. The Hall–Kier alpha value is -3.98. The summed E-state index contributed by atoms with van der Waals surface area (Å²) in [6.45, 7) is 6.77. The molecule has 0 bridgehead atoms. The Morgan fingerprint density at radius 1 is 1.16 bits per heavy atom. The molecule has 3 atom stereocenters. The highest BCUT2D eigenvalue weighted by Gasteiger charge is 2.29. The standard InChI is InChI=1S/C28H35N7O2/c1-17-14-18(2)35(34-17)24-10-8-21(9-11-24)23-12-13-31-25(15-23)28(37)33-19(3)27(36)32-16-20-4-6-22(7-5-20)26(29)30/h4-11,14,19,23,25,31H,12-13,15-16H2,1-3H3,(H3,29,30)(H,32,36)(H,33,37)/t19?,23-,25+/m0/s1. The molecule has 0 spiro atoms. The van der Waals surface area contributed by atoms with Crippen molar-refractivity contribution in [2.75, 3.05) is 6.54 Å². The second-order valence-corrected chi connectivity index (χ2v) is 9.72. The number of rotatable bonds is 8. The Bertz CT molecular complexity index is 1260. The molecule has 1 aliphatic heterocycles. The van der Waals surface area contributed by atoms with Crippen LogP contribution in [-0.2, 0) is 16.1 Å². The third kappa shape index (κ3) is 6.42. The number of nitrogens with two attached hydrogens (primary N) is 1. The molecular formula is C28H35N7O2. The number of carbonyl (C=O) groups is 2. The van der Waals surface area contributed by atoms with Gasteiger partial charge in [0.15, 0.2) is 0 Å². The highest BCUT2D eigenvalue weighted by Crippen LogP contribution is 2.28. The lowest BCUT2D eigenvalue weighted by atomic mass is 9.86. The van der Waals surface area contributed by atoms with E-state index in [1.807, 2.05) is 30.7 Å². The maximum Gasteiger partial charge on any atom is 0.242 e. The number of amides is 2. The molecular weight excluding hydrogens is 466 g/mol. The number of nitrogens with one attached hydrogen (secondary N) is 4. The minimum Gasteiger partial charge on any atom is -0.384 e. The van der Waals surface area contributed by atoms with Crippen molar-refractivity contribution >= 4 is 17.6 Å². The topological polar surface area (TPSA) is 138 Å². The second kappa shape index (κ2) is 11.4. The van der Waals surface area contributed by atoms with Gasteiger partial charge in [-0.3, -0.25) is 15.0 Å². The van der Waals surface area contributed by atoms with Crippen molar-refractivity contribution in [1.29, 1.82) is 5.41 Å². The van der Waals surface area contributed by atoms with Gasteiger partial charge in [-0.25, -0.2) is 4.68 Å². The number of piperidine rings is 1. The molecule has 2 heterocycles. The van der Waals surface area contributed by atoms with Crippen LogP contribution < -0.4 is 21.7 Å². The van der Waals surface area contributed by atoms with Gasteiger partial charge in [-0.1, -0.05) is 36.4 Å². The van der Waals surface area contributed by atoms with Crippen LogP contribution in [0.2, 0.25) is 0 Å². The zero-order valence-electron chi connectivity index (χ0n) is 21.5. The van der Waals surface area contributed by atoms with Gasteiger partial charge < -0.3 is 21.7 Å². The number of hydrogen-bond donors (Lipinski definition) is 5. The van der Waals surface area contributed by atoms with Gasteiger partial charge in [-0.05, 0) is 75.4 Å². The quantitative estimate of drug-likeness (QED) is 0.238. The largest absolute Gasteiger partial charge is 0.384 e. The Labute approximate surface area is 217 Å². The molecule has 2 amide bonds. The Morgan fingerprint density at radius 3 is 2.49 bits per heavy atom. The van der Waals surface area contributed by atoms with E-state index in [-0.39, 0.29) is 29.6 Å². The number of nitrogen functional groups attached to an aromatic ring is 1. The Balaban J connectivity index is 1.29. The van der Waals surface area contributed by atoms with E-state index in [2.05, 4.69) is 51.4 Å². The lowest BCUT2D eigenvalue weighted by Gasteiger charge is -2.30. The number of benzene rings is 2. The molecule has 194 valence electrons. The molecule has 0 aliphatic carbocycles. The molecule has 6 N–H and O–H groups in total. The first-order valence-corrected chi connectivity index (χ1v) is 12.6. The predicted octanol–water partition coefficient (Wildman–Crippen LogP) is 2.43. The zero-order chi connectivity index (χ0) is 26.5. The second-order valence-electron chi connectivity index (χ2n) is 9.72. The van der Waals surface area contributed by atoms with Gasteiger partial charge in [0.1, 0.15) is 11.9 Å². The van der Waals surface area contributed by atoms with Crippen molar-refractivity contribution in [2.24, 2.45) is 5.73 Å². The summed E-state index contributed by atoms with van der Waals surface area (Å²) in [7, 11) is 0. The van der Waals surface area contributed by atoms with E-state index in [0.717, 1.165) is 35.6 Å². The normalized spacial score (nSPS) is 18.1. The summed E-state index contributed by atoms with van der Waals surface area (Å²) in [5.74, 6) is -0.163. The third-order valence-electron chi connectivity index (χ3n) is 6.82. The fraction of sp³-hybridized carbons (Fsp3) is 0.357. The number of carbonyl (C=O) groups excluding carboxylic acids is 2. The molecule has 1 unspecified atom stereocenters. The van der Waals surface area contributed by atoms with Crippen LogP contribution in [0.1, 0.15) is 53.8 Å². The lowest BCUT2D eigenvalue weighted by molar-refractivity contribution is -0.130. The van der Waals surface area contributed by atoms with E-state index >= 15 is 0 Å². The van der Waals surface area contributed by atoms with Crippen molar-refractivity contribution in [3.8, 4) is 5.69 Å². The van der Waals surface area contributed by atoms with E-state index in [9.17, 15) is 9.59 Å². The van der Waals surface area contributed by atoms with Crippen LogP contribution in [0, 0.1) is 19.3 Å². The molecule has 37 heavy (non-hydrogen) atoms. The molecule has 0 saturated carbocycles. The molecule has 1 fully saturated rings.